The van der Waals surface area contributed by atoms with Crippen molar-refractivity contribution < 1.29 is 19.1 Å². The summed E-state index contributed by atoms with van der Waals surface area (Å²) >= 11 is 0. The molecule has 0 atom stereocenters. The fourth-order valence-electron chi connectivity index (χ4n) is 2.08. The van der Waals surface area contributed by atoms with E-state index in [1.807, 2.05) is 60.7 Å². The molecule has 2 bridgehead atoms. The lowest BCUT2D eigenvalue weighted by Gasteiger charge is -2.09. The topological polar surface area (TPSA) is 105 Å². The molecule has 28 heavy (non-hydrogen) atoms. The zero-order valence-electron chi connectivity index (χ0n) is 15.3. The Bertz CT molecular complexity index is 792. The molecule has 0 amide bonds. The molecule has 0 unspecified atom stereocenters. The summed E-state index contributed by atoms with van der Waals surface area (Å²) in [4.78, 5) is 22.5. The molecule has 0 aromatic heterocycles. The molecular formula is C22H22N2O4. The van der Waals surface area contributed by atoms with Crippen molar-refractivity contribution in [2.75, 3.05) is 24.7 Å². The lowest BCUT2D eigenvalue weighted by molar-refractivity contribution is 0.0260. The fraction of sp³-hybridized carbons (Fsp3) is 0.0909. The molecule has 6 heteroatoms. The number of carbonyl (C=O) groups excluding carboxylic acids is 2. The van der Waals surface area contributed by atoms with Gasteiger partial charge in [-0.2, -0.15) is 0 Å². The van der Waals surface area contributed by atoms with Gasteiger partial charge < -0.3 is 20.9 Å². The summed E-state index contributed by atoms with van der Waals surface area (Å²) in [5.74, 6) is -0.788. The van der Waals surface area contributed by atoms with Crippen LogP contribution >= 0.6 is 0 Å². The first-order valence-electron chi connectivity index (χ1n) is 8.61. The maximum Gasteiger partial charge on any atom is 0.338 e. The van der Waals surface area contributed by atoms with Crippen LogP contribution in [0.5, 0.6) is 0 Å². The highest BCUT2D eigenvalue weighted by molar-refractivity contribution is 5.93. The molecule has 0 aliphatic carbocycles. The van der Waals surface area contributed by atoms with Crippen molar-refractivity contribution in [1.82, 2.24) is 0 Å². The van der Waals surface area contributed by atoms with Crippen LogP contribution in [0.15, 0.2) is 84.9 Å². The molecule has 6 nitrogen and oxygen atoms in total. The van der Waals surface area contributed by atoms with Gasteiger partial charge in [-0.05, 0) is 48.5 Å². The number of nitrogen functional groups attached to an aromatic ring is 2. The van der Waals surface area contributed by atoms with Gasteiger partial charge in [0.05, 0.1) is 11.1 Å². The quantitative estimate of drug-likeness (QED) is 0.458. The molecule has 3 aromatic carbocycles. The van der Waals surface area contributed by atoms with E-state index in [1.54, 1.807) is 24.3 Å². The van der Waals surface area contributed by atoms with Crippen molar-refractivity contribution in [3.05, 3.63) is 96.1 Å². The van der Waals surface area contributed by atoms with E-state index >= 15 is 0 Å². The third kappa shape index (κ3) is 7.21. The van der Waals surface area contributed by atoms with E-state index in [-0.39, 0.29) is 13.2 Å². The number of anilines is 2. The van der Waals surface area contributed by atoms with Crippen LogP contribution in [0.25, 0.3) is 0 Å². The second-order valence-electron chi connectivity index (χ2n) is 5.67. The molecule has 0 saturated carbocycles. The van der Waals surface area contributed by atoms with Crippen molar-refractivity contribution in [1.29, 1.82) is 0 Å². The van der Waals surface area contributed by atoms with E-state index in [4.69, 9.17) is 20.9 Å². The lowest BCUT2D eigenvalue weighted by atomic mass is 10.1. The van der Waals surface area contributed by atoms with Crippen LogP contribution in [0, 0.1) is 0 Å². The van der Waals surface area contributed by atoms with E-state index in [1.165, 1.54) is 0 Å². The Morgan fingerprint density at radius 3 is 1.11 bits per heavy atom. The van der Waals surface area contributed by atoms with E-state index < -0.39 is 11.9 Å². The fourth-order valence-corrected chi connectivity index (χ4v) is 2.08. The first-order valence-corrected chi connectivity index (χ1v) is 8.61. The normalized spacial score (nSPS) is 12.3. The molecule has 4 N–H and O–H groups in total. The van der Waals surface area contributed by atoms with Gasteiger partial charge in [-0.3, -0.25) is 0 Å². The molecular weight excluding hydrogens is 356 g/mol. The Labute approximate surface area is 163 Å². The minimum absolute atomic E-state index is 0.100. The number of nitrogens with two attached hydrogens (primary N) is 2. The molecule has 2 heterocycles. The summed E-state index contributed by atoms with van der Waals surface area (Å²) in [5, 5.41) is 0. The number of carbonyl (C=O) groups is 2. The largest absolute Gasteiger partial charge is 0.458 e. The van der Waals surface area contributed by atoms with Gasteiger partial charge in [-0.1, -0.05) is 36.4 Å². The zero-order chi connectivity index (χ0) is 20.2. The van der Waals surface area contributed by atoms with E-state index in [2.05, 4.69) is 0 Å². The Hall–Kier alpha value is -3.80. The summed E-state index contributed by atoms with van der Waals surface area (Å²) in [6.07, 6.45) is 0. The summed E-state index contributed by atoms with van der Waals surface area (Å²) in [5.41, 5.74) is 13.3. The molecule has 0 spiro atoms. The molecule has 0 radical (unpaired) electrons. The standard InChI is InChI=1S/C10H8O4.2C6H7N/c11-9-7-1-2-8(4-3-7)10(12)14-6-5-13-9;2*7-6-4-2-1-3-5-6/h1-4H,5-6H2;2*1-5H,7H2. The number of ether oxygens (including phenoxy) is 2. The van der Waals surface area contributed by atoms with Crippen LogP contribution in [0.1, 0.15) is 20.7 Å². The molecule has 2 aliphatic heterocycles. The van der Waals surface area contributed by atoms with Gasteiger partial charge in [0.25, 0.3) is 0 Å². The van der Waals surface area contributed by atoms with Crippen LogP contribution in [0.4, 0.5) is 11.4 Å². The van der Waals surface area contributed by atoms with Crippen molar-refractivity contribution in [2.45, 2.75) is 0 Å². The van der Waals surface area contributed by atoms with Crippen LogP contribution in [-0.2, 0) is 9.47 Å². The smallest absolute Gasteiger partial charge is 0.338 e. The first kappa shape index (κ1) is 20.5. The molecule has 144 valence electrons. The molecule has 3 aromatic rings. The van der Waals surface area contributed by atoms with Crippen LogP contribution < -0.4 is 11.5 Å². The number of hydrogen-bond acceptors (Lipinski definition) is 6. The number of esters is 2. The number of benzene rings is 3. The molecule has 5 rings (SSSR count). The summed E-state index contributed by atoms with van der Waals surface area (Å²) in [7, 11) is 0. The van der Waals surface area contributed by atoms with E-state index in [0.717, 1.165) is 11.4 Å². The van der Waals surface area contributed by atoms with Gasteiger partial charge in [0.1, 0.15) is 13.2 Å². The monoisotopic (exact) mass is 378 g/mol. The maximum absolute atomic E-state index is 11.3. The highest BCUT2D eigenvalue weighted by atomic mass is 16.6. The molecule has 0 fully saturated rings. The number of para-hydroxylation sites is 2. The maximum atomic E-state index is 11.3. The van der Waals surface area contributed by atoms with E-state index in [0.29, 0.717) is 11.1 Å². The van der Waals surface area contributed by atoms with Crippen molar-refractivity contribution in [3.8, 4) is 0 Å². The Morgan fingerprint density at radius 2 is 0.857 bits per heavy atom. The van der Waals surface area contributed by atoms with Gasteiger partial charge in [-0.25, -0.2) is 9.59 Å². The number of hydrogen-bond donors (Lipinski definition) is 2. The second-order valence-corrected chi connectivity index (χ2v) is 5.67. The van der Waals surface area contributed by atoms with Gasteiger partial charge in [0.2, 0.25) is 0 Å². The lowest BCUT2D eigenvalue weighted by Crippen LogP contribution is -2.16. The molecule has 2 aliphatic rings. The summed E-state index contributed by atoms with van der Waals surface area (Å²) in [6.45, 7) is 0.200. The first-order chi connectivity index (χ1) is 13.6. The third-order valence-corrected chi connectivity index (χ3v) is 3.51. The van der Waals surface area contributed by atoms with Crippen molar-refractivity contribution >= 4 is 23.3 Å². The highest BCUT2D eigenvalue weighted by Crippen LogP contribution is 2.09. The van der Waals surface area contributed by atoms with Gasteiger partial charge >= 0.3 is 11.9 Å². The van der Waals surface area contributed by atoms with Crippen LogP contribution in [0.3, 0.4) is 0 Å². The van der Waals surface area contributed by atoms with Crippen LogP contribution in [-0.4, -0.2) is 25.2 Å². The van der Waals surface area contributed by atoms with Gasteiger partial charge in [-0.15, -0.1) is 0 Å². The van der Waals surface area contributed by atoms with Gasteiger partial charge in [0, 0.05) is 11.4 Å². The zero-order valence-corrected chi connectivity index (χ0v) is 15.3. The predicted molar refractivity (Wildman–Crippen MR) is 109 cm³/mol. The SMILES string of the molecule is Nc1ccccc1.Nc1ccccc1.O=C1OCCOC(=O)c2ccc1cc2. The van der Waals surface area contributed by atoms with Gasteiger partial charge in [0.15, 0.2) is 0 Å². The Morgan fingerprint density at radius 1 is 0.536 bits per heavy atom. The predicted octanol–water partition coefficient (Wildman–Crippen LogP) is 3.55. The summed E-state index contributed by atoms with van der Waals surface area (Å²) in [6, 6.07) is 25.2. The average molecular weight is 378 g/mol. The second kappa shape index (κ2) is 11.0. The summed E-state index contributed by atoms with van der Waals surface area (Å²) < 4.78 is 9.66. The number of rotatable bonds is 0. The van der Waals surface area contributed by atoms with Crippen molar-refractivity contribution in [2.24, 2.45) is 0 Å². The van der Waals surface area contributed by atoms with Crippen LogP contribution in [0.2, 0.25) is 0 Å². The molecule has 0 saturated heterocycles. The van der Waals surface area contributed by atoms with Crippen molar-refractivity contribution in [3.63, 3.8) is 0 Å². The highest BCUT2D eigenvalue weighted by Gasteiger charge is 2.13. The minimum atomic E-state index is -0.394. The Balaban J connectivity index is 0.000000168. The number of fused-ring (bicyclic) bond motifs is 7. The Kier molecular flexibility index (Phi) is 8.08. The van der Waals surface area contributed by atoms with E-state index in [9.17, 15) is 9.59 Å². The average Bonchev–Trinajstić information content (AvgIpc) is 2.73. The minimum Gasteiger partial charge on any atom is -0.458 e. The third-order valence-electron chi connectivity index (χ3n) is 3.51.